The standard InChI is InChI=1S/C10H15N3O3/c1-5(2)9-12-6(8(11)10(14)15)4-7(13-9)16-3/h4-5,8H,11H2,1-3H3,(H,14,15). The molecule has 0 bridgehead atoms. The van der Waals surface area contributed by atoms with Crippen LogP contribution in [-0.2, 0) is 4.79 Å². The highest BCUT2D eigenvalue weighted by Gasteiger charge is 2.19. The fourth-order valence-corrected chi connectivity index (χ4v) is 1.11. The summed E-state index contributed by atoms with van der Waals surface area (Å²) in [5.74, 6) is -0.207. The molecule has 1 rings (SSSR count). The minimum Gasteiger partial charge on any atom is -0.481 e. The lowest BCUT2D eigenvalue weighted by atomic mass is 10.1. The fourth-order valence-electron chi connectivity index (χ4n) is 1.11. The summed E-state index contributed by atoms with van der Waals surface area (Å²) in [7, 11) is 1.46. The van der Waals surface area contributed by atoms with Crippen LogP contribution in [0.15, 0.2) is 6.07 Å². The van der Waals surface area contributed by atoms with Gasteiger partial charge in [-0.25, -0.2) is 4.98 Å². The van der Waals surface area contributed by atoms with Gasteiger partial charge in [-0.1, -0.05) is 13.8 Å². The number of aromatic nitrogens is 2. The lowest BCUT2D eigenvalue weighted by molar-refractivity contribution is -0.138. The average molecular weight is 225 g/mol. The predicted octanol–water partition coefficient (Wildman–Crippen LogP) is 0.693. The molecule has 1 unspecified atom stereocenters. The second-order valence-corrected chi connectivity index (χ2v) is 3.66. The molecule has 0 amide bonds. The molecular formula is C10H15N3O3. The minimum absolute atomic E-state index is 0.0786. The van der Waals surface area contributed by atoms with E-state index < -0.39 is 12.0 Å². The fraction of sp³-hybridized carbons (Fsp3) is 0.500. The van der Waals surface area contributed by atoms with Crippen molar-refractivity contribution in [2.24, 2.45) is 5.73 Å². The number of nitrogens with two attached hydrogens (primary N) is 1. The topological polar surface area (TPSA) is 98.3 Å². The number of carboxylic acids is 1. The van der Waals surface area contributed by atoms with E-state index in [-0.39, 0.29) is 11.6 Å². The van der Waals surface area contributed by atoms with Crippen LogP contribution in [0.2, 0.25) is 0 Å². The molecule has 1 heterocycles. The van der Waals surface area contributed by atoms with E-state index in [2.05, 4.69) is 9.97 Å². The van der Waals surface area contributed by atoms with E-state index in [9.17, 15) is 4.79 Å². The molecule has 6 nitrogen and oxygen atoms in total. The normalized spacial score (nSPS) is 12.6. The molecule has 3 N–H and O–H groups in total. The van der Waals surface area contributed by atoms with Gasteiger partial charge in [0.05, 0.1) is 12.8 Å². The van der Waals surface area contributed by atoms with Gasteiger partial charge in [0.15, 0.2) is 0 Å². The van der Waals surface area contributed by atoms with Crippen molar-refractivity contribution in [2.45, 2.75) is 25.8 Å². The van der Waals surface area contributed by atoms with E-state index in [1.807, 2.05) is 13.8 Å². The van der Waals surface area contributed by atoms with Crippen LogP contribution in [0, 0.1) is 0 Å². The summed E-state index contributed by atoms with van der Waals surface area (Å²) < 4.78 is 4.98. The third-order valence-corrected chi connectivity index (χ3v) is 2.05. The van der Waals surface area contributed by atoms with Crippen LogP contribution in [0.5, 0.6) is 5.88 Å². The van der Waals surface area contributed by atoms with E-state index >= 15 is 0 Å². The highest BCUT2D eigenvalue weighted by atomic mass is 16.5. The Bertz CT molecular complexity index is 393. The van der Waals surface area contributed by atoms with E-state index in [0.29, 0.717) is 11.7 Å². The van der Waals surface area contributed by atoms with E-state index in [1.54, 1.807) is 0 Å². The number of hydrogen-bond donors (Lipinski definition) is 2. The first-order valence-corrected chi connectivity index (χ1v) is 4.87. The minimum atomic E-state index is -1.16. The number of nitrogens with zero attached hydrogens (tertiary/aromatic N) is 2. The Morgan fingerprint density at radius 3 is 2.56 bits per heavy atom. The molecule has 0 aliphatic rings. The lowest BCUT2D eigenvalue weighted by Crippen LogP contribution is -2.22. The lowest BCUT2D eigenvalue weighted by Gasteiger charge is -2.11. The van der Waals surface area contributed by atoms with Gasteiger partial charge in [-0.3, -0.25) is 4.79 Å². The first-order chi connectivity index (χ1) is 7.45. The highest BCUT2D eigenvalue weighted by molar-refractivity contribution is 5.74. The van der Waals surface area contributed by atoms with Crippen molar-refractivity contribution in [3.63, 3.8) is 0 Å². The zero-order valence-electron chi connectivity index (χ0n) is 9.47. The van der Waals surface area contributed by atoms with Gasteiger partial charge in [0, 0.05) is 12.0 Å². The van der Waals surface area contributed by atoms with E-state index in [4.69, 9.17) is 15.6 Å². The average Bonchev–Trinajstić information content (AvgIpc) is 2.27. The van der Waals surface area contributed by atoms with E-state index in [1.165, 1.54) is 13.2 Å². The summed E-state index contributed by atoms with van der Waals surface area (Å²) >= 11 is 0. The van der Waals surface area contributed by atoms with Crippen LogP contribution in [0.3, 0.4) is 0 Å². The molecule has 0 aromatic carbocycles. The molecule has 16 heavy (non-hydrogen) atoms. The van der Waals surface area contributed by atoms with Crippen LogP contribution in [0.4, 0.5) is 0 Å². The Morgan fingerprint density at radius 1 is 1.50 bits per heavy atom. The van der Waals surface area contributed by atoms with Gasteiger partial charge in [0.25, 0.3) is 0 Å². The zero-order chi connectivity index (χ0) is 12.3. The summed E-state index contributed by atoms with van der Waals surface area (Å²) in [4.78, 5) is 19.0. The van der Waals surface area contributed by atoms with Crippen LogP contribution in [-0.4, -0.2) is 28.2 Å². The maximum atomic E-state index is 10.8. The molecule has 6 heteroatoms. The second kappa shape index (κ2) is 4.89. The van der Waals surface area contributed by atoms with Gasteiger partial charge in [-0.15, -0.1) is 0 Å². The van der Waals surface area contributed by atoms with Crippen molar-refractivity contribution >= 4 is 5.97 Å². The monoisotopic (exact) mass is 225 g/mol. The van der Waals surface area contributed by atoms with Gasteiger partial charge >= 0.3 is 5.97 Å². The maximum Gasteiger partial charge on any atom is 0.326 e. The first kappa shape index (κ1) is 12.4. The number of methoxy groups -OCH3 is 1. The Balaban J connectivity index is 3.18. The number of hydrogen-bond acceptors (Lipinski definition) is 5. The first-order valence-electron chi connectivity index (χ1n) is 4.87. The SMILES string of the molecule is COc1cc(C(N)C(=O)O)nc(C(C)C)n1. The van der Waals surface area contributed by atoms with Crippen LogP contribution >= 0.6 is 0 Å². The quantitative estimate of drug-likeness (QED) is 0.782. The molecule has 1 aromatic heterocycles. The van der Waals surface area contributed by atoms with Gasteiger partial charge in [0.1, 0.15) is 11.9 Å². The number of carboxylic acid groups (broad SMARTS) is 1. The van der Waals surface area contributed by atoms with Crippen molar-refractivity contribution < 1.29 is 14.6 Å². The number of ether oxygens (including phenoxy) is 1. The van der Waals surface area contributed by atoms with Crippen molar-refractivity contribution in [3.05, 3.63) is 17.6 Å². The highest BCUT2D eigenvalue weighted by Crippen LogP contribution is 2.18. The summed E-state index contributed by atoms with van der Waals surface area (Å²) in [6.07, 6.45) is 0. The van der Waals surface area contributed by atoms with E-state index in [0.717, 1.165) is 0 Å². The maximum absolute atomic E-state index is 10.8. The van der Waals surface area contributed by atoms with Gasteiger partial charge < -0.3 is 15.6 Å². The molecule has 1 aromatic rings. The molecule has 0 fully saturated rings. The molecule has 0 saturated heterocycles. The Kier molecular flexibility index (Phi) is 3.78. The molecule has 0 aliphatic carbocycles. The van der Waals surface area contributed by atoms with Crippen molar-refractivity contribution in [1.82, 2.24) is 9.97 Å². The predicted molar refractivity (Wildman–Crippen MR) is 57.2 cm³/mol. The molecular weight excluding hydrogens is 210 g/mol. The van der Waals surface area contributed by atoms with Crippen molar-refractivity contribution in [3.8, 4) is 5.88 Å². The second-order valence-electron chi connectivity index (χ2n) is 3.66. The summed E-state index contributed by atoms with van der Waals surface area (Å²) in [5.41, 5.74) is 5.74. The summed E-state index contributed by atoms with van der Waals surface area (Å²) in [5, 5.41) is 8.80. The van der Waals surface area contributed by atoms with Crippen LogP contribution in [0.1, 0.15) is 37.3 Å². The van der Waals surface area contributed by atoms with Gasteiger partial charge in [-0.05, 0) is 0 Å². The third-order valence-electron chi connectivity index (χ3n) is 2.05. The Morgan fingerprint density at radius 2 is 2.12 bits per heavy atom. The smallest absolute Gasteiger partial charge is 0.326 e. The number of rotatable bonds is 4. The van der Waals surface area contributed by atoms with Gasteiger partial charge in [-0.2, -0.15) is 4.98 Å². The van der Waals surface area contributed by atoms with Crippen LogP contribution < -0.4 is 10.5 Å². The third kappa shape index (κ3) is 2.66. The molecule has 1 atom stereocenters. The van der Waals surface area contributed by atoms with Crippen molar-refractivity contribution in [1.29, 1.82) is 0 Å². The molecule has 0 saturated carbocycles. The van der Waals surface area contributed by atoms with Crippen molar-refractivity contribution in [2.75, 3.05) is 7.11 Å². The largest absolute Gasteiger partial charge is 0.481 e. The number of carbonyl (C=O) groups is 1. The Hall–Kier alpha value is -1.69. The molecule has 0 radical (unpaired) electrons. The zero-order valence-corrected chi connectivity index (χ0v) is 9.47. The molecule has 0 aliphatic heterocycles. The van der Waals surface area contributed by atoms with Crippen LogP contribution in [0.25, 0.3) is 0 Å². The summed E-state index contributed by atoms with van der Waals surface area (Å²) in [6.45, 7) is 3.82. The molecule has 88 valence electrons. The number of aliphatic carboxylic acids is 1. The Labute approximate surface area is 93.5 Å². The van der Waals surface area contributed by atoms with Gasteiger partial charge in [0.2, 0.25) is 5.88 Å². The molecule has 0 spiro atoms. The summed E-state index contributed by atoms with van der Waals surface area (Å²) in [6, 6.07) is 0.277.